The highest BCUT2D eigenvalue weighted by molar-refractivity contribution is 5.87. The van der Waals surface area contributed by atoms with E-state index in [9.17, 15) is 4.79 Å². The molecule has 0 unspecified atom stereocenters. The van der Waals surface area contributed by atoms with Crippen LogP contribution in [0.1, 0.15) is 44.1 Å². The minimum atomic E-state index is -0.302. The number of aromatic nitrogens is 2. The normalized spacial score (nSPS) is 22.5. The van der Waals surface area contributed by atoms with Gasteiger partial charge in [-0.3, -0.25) is 14.6 Å². The van der Waals surface area contributed by atoms with E-state index in [2.05, 4.69) is 46.0 Å². The van der Waals surface area contributed by atoms with Gasteiger partial charge in [0, 0.05) is 44.8 Å². The molecule has 1 aromatic heterocycles. The Morgan fingerprint density at radius 1 is 1.30 bits per heavy atom. The van der Waals surface area contributed by atoms with Crippen LogP contribution in [-0.4, -0.2) is 64.4 Å². The molecule has 1 amide bonds. The summed E-state index contributed by atoms with van der Waals surface area (Å²) in [6, 6.07) is 2.00. The first-order valence-electron chi connectivity index (χ1n) is 8.55. The smallest absolute Gasteiger partial charge is 0.240 e. The zero-order chi connectivity index (χ0) is 16.4. The van der Waals surface area contributed by atoms with Crippen molar-refractivity contribution < 1.29 is 4.79 Å². The lowest BCUT2D eigenvalue weighted by Crippen LogP contribution is -2.66. The maximum absolute atomic E-state index is 12.4. The van der Waals surface area contributed by atoms with Gasteiger partial charge in [-0.05, 0) is 26.0 Å². The van der Waals surface area contributed by atoms with Crippen molar-refractivity contribution in [1.29, 1.82) is 0 Å². The molecule has 1 N–H and O–H groups in total. The number of hydrogen-bond donors (Lipinski definition) is 1. The van der Waals surface area contributed by atoms with Crippen LogP contribution in [0.3, 0.4) is 0 Å². The molecule has 126 valence electrons. The summed E-state index contributed by atoms with van der Waals surface area (Å²) in [6.07, 6.45) is 3.63. The number of amides is 1. The number of carbonyl (C=O) groups is 1. The maximum atomic E-state index is 12.4. The molecule has 1 spiro atoms. The monoisotopic (exact) mass is 317 g/mol. The van der Waals surface area contributed by atoms with Gasteiger partial charge < -0.3 is 5.32 Å². The molecule has 6 nitrogen and oxygen atoms in total. The van der Waals surface area contributed by atoms with Gasteiger partial charge in [-0.15, -0.1) is 0 Å². The average molecular weight is 317 g/mol. The van der Waals surface area contributed by atoms with Crippen LogP contribution in [-0.2, 0) is 11.3 Å². The Balaban J connectivity index is 1.63. The first kappa shape index (κ1) is 16.3. The van der Waals surface area contributed by atoms with Crippen molar-refractivity contribution in [1.82, 2.24) is 25.1 Å². The van der Waals surface area contributed by atoms with Gasteiger partial charge in [-0.1, -0.05) is 13.8 Å². The molecule has 0 bridgehead atoms. The summed E-state index contributed by atoms with van der Waals surface area (Å²) in [5.41, 5.74) is 0.768. The number of likely N-dealkylation sites (N-methyl/N-ethyl adjacent to an activating group) is 1. The van der Waals surface area contributed by atoms with Gasteiger partial charge in [0.15, 0.2) is 0 Å². The number of nitrogens with one attached hydrogen (secondary N) is 1. The quantitative estimate of drug-likeness (QED) is 0.901. The van der Waals surface area contributed by atoms with Crippen molar-refractivity contribution in [2.24, 2.45) is 0 Å². The van der Waals surface area contributed by atoms with E-state index in [0.29, 0.717) is 5.92 Å². The van der Waals surface area contributed by atoms with Crippen molar-refractivity contribution in [3.8, 4) is 0 Å². The van der Waals surface area contributed by atoms with E-state index in [1.54, 1.807) is 0 Å². The third kappa shape index (κ3) is 3.23. The standard InChI is InChI=1S/C17H27N5O/c1-13(2)15-18-7-4-14(20-15)12-22-9-5-17(6-10-22)16(23)19-8-11-21(17)3/h4,7,13H,5-6,8-12H2,1-3H3,(H,19,23). The van der Waals surface area contributed by atoms with E-state index >= 15 is 0 Å². The Morgan fingerprint density at radius 3 is 2.70 bits per heavy atom. The number of carbonyl (C=O) groups excluding carboxylic acids is 1. The van der Waals surface area contributed by atoms with E-state index in [1.807, 2.05) is 12.3 Å². The Morgan fingerprint density at radius 2 is 2.04 bits per heavy atom. The van der Waals surface area contributed by atoms with E-state index in [0.717, 1.165) is 57.1 Å². The molecule has 0 aromatic carbocycles. The second-order valence-electron chi connectivity index (χ2n) is 7.05. The molecule has 0 aliphatic carbocycles. The van der Waals surface area contributed by atoms with E-state index in [1.165, 1.54) is 0 Å². The fourth-order valence-corrected chi connectivity index (χ4v) is 3.59. The van der Waals surface area contributed by atoms with Crippen molar-refractivity contribution in [2.45, 2.75) is 44.7 Å². The summed E-state index contributed by atoms with van der Waals surface area (Å²) in [5, 5.41) is 3.04. The lowest BCUT2D eigenvalue weighted by Gasteiger charge is -2.48. The minimum absolute atomic E-state index is 0.204. The second kappa shape index (κ2) is 6.53. The van der Waals surface area contributed by atoms with Gasteiger partial charge in [0.1, 0.15) is 11.4 Å². The summed E-state index contributed by atoms with van der Waals surface area (Å²) >= 11 is 0. The van der Waals surface area contributed by atoms with Crippen LogP contribution in [0.4, 0.5) is 0 Å². The molecule has 23 heavy (non-hydrogen) atoms. The van der Waals surface area contributed by atoms with Gasteiger partial charge >= 0.3 is 0 Å². The van der Waals surface area contributed by atoms with Gasteiger partial charge in [-0.25, -0.2) is 9.97 Å². The van der Waals surface area contributed by atoms with Crippen LogP contribution >= 0.6 is 0 Å². The predicted octanol–water partition coefficient (Wildman–Crippen LogP) is 0.996. The van der Waals surface area contributed by atoms with E-state index in [4.69, 9.17) is 0 Å². The van der Waals surface area contributed by atoms with E-state index < -0.39 is 0 Å². The molecule has 2 aliphatic heterocycles. The molecule has 1 aromatic rings. The zero-order valence-electron chi connectivity index (χ0n) is 14.4. The van der Waals surface area contributed by atoms with Crippen LogP contribution in [0.5, 0.6) is 0 Å². The fourth-order valence-electron chi connectivity index (χ4n) is 3.59. The number of piperidine rings is 1. The highest BCUT2D eigenvalue weighted by Gasteiger charge is 2.46. The molecular formula is C17H27N5O. The number of likely N-dealkylation sites (tertiary alicyclic amines) is 1. The third-order valence-electron chi connectivity index (χ3n) is 5.20. The van der Waals surface area contributed by atoms with Crippen LogP contribution in [0.15, 0.2) is 12.3 Å². The molecule has 2 saturated heterocycles. The Labute approximate surface area is 138 Å². The minimum Gasteiger partial charge on any atom is -0.353 e. The van der Waals surface area contributed by atoms with E-state index in [-0.39, 0.29) is 11.4 Å². The molecule has 3 rings (SSSR count). The van der Waals surface area contributed by atoms with Crippen molar-refractivity contribution in [2.75, 3.05) is 33.2 Å². The summed E-state index contributed by atoms with van der Waals surface area (Å²) in [7, 11) is 2.08. The highest BCUT2D eigenvalue weighted by atomic mass is 16.2. The van der Waals surface area contributed by atoms with Gasteiger partial charge in [0.05, 0.1) is 5.69 Å². The number of nitrogens with zero attached hydrogens (tertiary/aromatic N) is 4. The number of piperazine rings is 1. The molecule has 0 radical (unpaired) electrons. The SMILES string of the molecule is CC(C)c1nccc(CN2CCC3(CC2)C(=O)NCCN3C)n1. The molecule has 6 heteroatoms. The van der Waals surface area contributed by atoms with Crippen molar-refractivity contribution >= 4 is 5.91 Å². The lowest BCUT2D eigenvalue weighted by molar-refractivity contribution is -0.140. The number of rotatable bonds is 3. The average Bonchev–Trinajstić information content (AvgIpc) is 2.54. The van der Waals surface area contributed by atoms with Crippen LogP contribution in [0, 0.1) is 0 Å². The third-order valence-corrected chi connectivity index (χ3v) is 5.20. The van der Waals surface area contributed by atoms with Crippen LogP contribution in [0.2, 0.25) is 0 Å². The molecular weight excluding hydrogens is 290 g/mol. The highest BCUT2D eigenvalue weighted by Crippen LogP contribution is 2.30. The zero-order valence-corrected chi connectivity index (χ0v) is 14.4. The van der Waals surface area contributed by atoms with Crippen LogP contribution < -0.4 is 5.32 Å². The molecule has 2 fully saturated rings. The Bertz CT molecular complexity index is 566. The summed E-state index contributed by atoms with van der Waals surface area (Å²) in [5.74, 6) is 1.46. The van der Waals surface area contributed by atoms with Gasteiger partial charge in [0.2, 0.25) is 5.91 Å². The molecule has 3 heterocycles. The molecule has 0 saturated carbocycles. The fraction of sp³-hybridized carbons (Fsp3) is 0.706. The summed E-state index contributed by atoms with van der Waals surface area (Å²) < 4.78 is 0. The first-order valence-corrected chi connectivity index (χ1v) is 8.55. The topological polar surface area (TPSA) is 61.4 Å². The summed E-state index contributed by atoms with van der Waals surface area (Å²) in [6.45, 7) is 8.62. The van der Waals surface area contributed by atoms with Crippen LogP contribution in [0.25, 0.3) is 0 Å². The summed E-state index contributed by atoms with van der Waals surface area (Å²) in [4.78, 5) is 26.0. The predicted molar refractivity (Wildman–Crippen MR) is 89.0 cm³/mol. The van der Waals surface area contributed by atoms with Crippen molar-refractivity contribution in [3.63, 3.8) is 0 Å². The first-order chi connectivity index (χ1) is 11.0. The Kier molecular flexibility index (Phi) is 4.64. The van der Waals surface area contributed by atoms with Gasteiger partial charge in [-0.2, -0.15) is 0 Å². The number of hydrogen-bond acceptors (Lipinski definition) is 5. The molecule has 2 aliphatic rings. The second-order valence-corrected chi connectivity index (χ2v) is 7.05. The lowest BCUT2D eigenvalue weighted by atomic mass is 9.83. The van der Waals surface area contributed by atoms with Crippen molar-refractivity contribution in [3.05, 3.63) is 23.8 Å². The Hall–Kier alpha value is -1.53. The maximum Gasteiger partial charge on any atom is 0.240 e. The molecule has 0 atom stereocenters. The van der Waals surface area contributed by atoms with Gasteiger partial charge in [0.25, 0.3) is 0 Å². The largest absolute Gasteiger partial charge is 0.353 e.